The second-order valence-corrected chi connectivity index (χ2v) is 7.54. The lowest BCUT2D eigenvalue weighted by molar-refractivity contribution is -0.137. The summed E-state index contributed by atoms with van der Waals surface area (Å²) in [7, 11) is 1.81. The summed E-state index contributed by atoms with van der Waals surface area (Å²) in [5, 5.41) is 9.56. The maximum Gasteiger partial charge on any atom is 0.416 e. The highest BCUT2D eigenvalue weighted by Gasteiger charge is 2.30. The van der Waals surface area contributed by atoms with Gasteiger partial charge in [0.05, 0.1) is 23.5 Å². The minimum Gasteiger partial charge on any atom is -0.309 e. The van der Waals surface area contributed by atoms with Crippen LogP contribution in [0.5, 0.6) is 0 Å². The normalized spacial score (nSPS) is 11.9. The van der Waals surface area contributed by atoms with Crippen molar-refractivity contribution < 1.29 is 13.2 Å². The van der Waals surface area contributed by atoms with Gasteiger partial charge in [0.2, 0.25) is 0 Å². The molecule has 0 atom stereocenters. The van der Waals surface area contributed by atoms with Crippen molar-refractivity contribution in [3.8, 4) is 16.9 Å². The Hall–Kier alpha value is -4.21. The van der Waals surface area contributed by atoms with Crippen LogP contribution in [0.15, 0.2) is 78.0 Å². The van der Waals surface area contributed by atoms with Crippen molar-refractivity contribution in [2.24, 2.45) is 7.05 Å². The Kier molecular flexibility index (Phi) is 4.85. The summed E-state index contributed by atoms with van der Waals surface area (Å²) < 4.78 is 43.5. The predicted molar refractivity (Wildman–Crippen MR) is 116 cm³/mol. The first-order valence-corrected chi connectivity index (χ1v) is 10.0. The third kappa shape index (κ3) is 3.91. The molecule has 5 aromatic rings. The number of aromatic nitrogens is 6. The topological polar surface area (TPSA) is 70.5 Å². The van der Waals surface area contributed by atoms with E-state index in [4.69, 9.17) is 0 Å². The summed E-state index contributed by atoms with van der Waals surface area (Å²) in [5.74, 6) is 0. The lowest BCUT2D eigenvalue weighted by Gasteiger charge is -2.08. The quantitative estimate of drug-likeness (QED) is 0.414. The largest absolute Gasteiger partial charge is 0.416 e. The van der Waals surface area contributed by atoms with E-state index in [2.05, 4.69) is 15.2 Å². The number of aryl methyl sites for hydroxylation is 1. The van der Waals surface area contributed by atoms with Gasteiger partial charge in [-0.3, -0.25) is 9.48 Å². The van der Waals surface area contributed by atoms with Crippen molar-refractivity contribution in [1.29, 1.82) is 0 Å². The minimum absolute atomic E-state index is 0.223. The summed E-state index contributed by atoms with van der Waals surface area (Å²) in [6, 6.07) is 13.3. The van der Waals surface area contributed by atoms with Gasteiger partial charge in [-0.2, -0.15) is 23.4 Å². The maximum atomic E-state index is 12.9. The van der Waals surface area contributed by atoms with Crippen LogP contribution in [0.2, 0.25) is 0 Å². The number of hydrogen-bond acceptors (Lipinski definition) is 4. The molecular formula is C23H17F3N6O. The summed E-state index contributed by atoms with van der Waals surface area (Å²) in [4.78, 5) is 17.1. The Labute approximate surface area is 185 Å². The van der Waals surface area contributed by atoms with Crippen molar-refractivity contribution >= 4 is 11.0 Å². The number of nitrogens with zero attached hydrogens (tertiary/aromatic N) is 6. The van der Waals surface area contributed by atoms with Crippen LogP contribution >= 0.6 is 0 Å². The fraction of sp³-hybridized carbons (Fsp3) is 0.130. The van der Waals surface area contributed by atoms with Crippen LogP contribution in [0.4, 0.5) is 13.2 Å². The van der Waals surface area contributed by atoms with Crippen molar-refractivity contribution in [1.82, 2.24) is 29.1 Å². The zero-order valence-corrected chi connectivity index (χ0v) is 17.4. The number of alkyl halides is 3. The molecule has 4 aromatic heterocycles. The Bertz CT molecular complexity index is 1510. The second-order valence-electron chi connectivity index (χ2n) is 7.54. The predicted octanol–water partition coefficient (Wildman–Crippen LogP) is 4.05. The first-order chi connectivity index (χ1) is 15.8. The number of hydrogen-bond donors (Lipinski definition) is 0. The zero-order chi connectivity index (χ0) is 23.2. The fourth-order valence-corrected chi connectivity index (χ4v) is 3.64. The van der Waals surface area contributed by atoms with Gasteiger partial charge in [0.25, 0.3) is 5.56 Å². The van der Waals surface area contributed by atoms with E-state index in [9.17, 15) is 18.0 Å². The lowest BCUT2D eigenvalue weighted by atomic mass is 10.1. The number of halogens is 3. The van der Waals surface area contributed by atoms with Crippen molar-refractivity contribution in [2.45, 2.75) is 12.7 Å². The molecule has 0 saturated heterocycles. The third-order valence-corrected chi connectivity index (χ3v) is 5.25. The van der Waals surface area contributed by atoms with Gasteiger partial charge >= 0.3 is 6.18 Å². The van der Waals surface area contributed by atoms with Gasteiger partial charge in [0.1, 0.15) is 5.69 Å². The summed E-state index contributed by atoms with van der Waals surface area (Å²) in [5.41, 5.74) is 1.80. The molecule has 0 aliphatic heterocycles. The molecule has 1 aromatic carbocycles. The molecule has 0 N–H and O–H groups in total. The average Bonchev–Trinajstić information content (AvgIpc) is 3.38. The Morgan fingerprint density at radius 2 is 1.76 bits per heavy atom. The molecule has 0 bridgehead atoms. The molecule has 7 nitrogen and oxygen atoms in total. The molecule has 33 heavy (non-hydrogen) atoms. The van der Waals surface area contributed by atoms with Crippen molar-refractivity contribution in [3.05, 3.63) is 94.8 Å². The van der Waals surface area contributed by atoms with E-state index in [1.807, 2.05) is 25.4 Å². The van der Waals surface area contributed by atoms with Gasteiger partial charge in [-0.15, -0.1) is 0 Å². The fourth-order valence-electron chi connectivity index (χ4n) is 3.64. The van der Waals surface area contributed by atoms with E-state index in [-0.39, 0.29) is 5.56 Å². The van der Waals surface area contributed by atoms with Gasteiger partial charge in [0.15, 0.2) is 5.65 Å². The monoisotopic (exact) mass is 450 g/mol. The third-order valence-electron chi connectivity index (χ3n) is 5.25. The number of benzene rings is 1. The number of rotatable bonds is 4. The Morgan fingerprint density at radius 1 is 0.970 bits per heavy atom. The van der Waals surface area contributed by atoms with Crippen LogP contribution in [-0.4, -0.2) is 29.1 Å². The minimum atomic E-state index is -4.42. The average molecular weight is 450 g/mol. The van der Waals surface area contributed by atoms with Crippen LogP contribution in [-0.2, 0) is 19.8 Å². The molecule has 0 radical (unpaired) electrons. The van der Waals surface area contributed by atoms with E-state index in [1.165, 1.54) is 22.9 Å². The molecule has 0 aliphatic rings. The van der Waals surface area contributed by atoms with Crippen LogP contribution in [0.3, 0.4) is 0 Å². The van der Waals surface area contributed by atoms with Crippen LogP contribution in [0.25, 0.3) is 28.0 Å². The van der Waals surface area contributed by atoms with Gasteiger partial charge in [-0.05, 0) is 48.5 Å². The molecule has 4 heterocycles. The van der Waals surface area contributed by atoms with Crippen molar-refractivity contribution in [3.63, 3.8) is 0 Å². The Balaban J connectivity index is 1.56. The highest BCUT2D eigenvalue weighted by molar-refractivity contribution is 5.91. The number of pyridine rings is 2. The maximum absolute atomic E-state index is 12.9. The molecule has 0 fully saturated rings. The van der Waals surface area contributed by atoms with Gasteiger partial charge in [0, 0.05) is 42.7 Å². The van der Waals surface area contributed by atoms with Gasteiger partial charge in [-0.1, -0.05) is 0 Å². The van der Waals surface area contributed by atoms with E-state index < -0.39 is 11.7 Å². The molecule has 166 valence electrons. The molecule has 0 spiro atoms. The molecule has 0 unspecified atom stereocenters. The first-order valence-electron chi connectivity index (χ1n) is 10.0. The second kappa shape index (κ2) is 7.73. The smallest absolute Gasteiger partial charge is 0.309 e. The van der Waals surface area contributed by atoms with E-state index >= 15 is 0 Å². The van der Waals surface area contributed by atoms with Gasteiger partial charge < -0.3 is 4.57 Å². The summed E-state index contributed by atoms with van der Waals surface area (Å²) >= 11 is 0. The van der Waals surface area contributed by atoms with E-state index in [0.29, 0.717) is 34.5 Å². The van der Waals surface area contributed by atoms with Gasteiger partial charge in [-0.25, -0.2) is 9.67 Å². The molecule has 0 saturated carbocycles. The Morgan fingerprint density at radius 3 is 2.42 bits per heavy atom. The molecule has 5 rings (SSSR count). The molecular weight excluding hydrogens is 433 g/mol. The highest BCUT2D eigenvalue weighted by atomic mass is 19.4. The molecule has 0 aliphatic carbocycles. The summed E-state index contributed by atoms with van der Waals surface area (Å²) in [6.45, 7) is 0.336. The van der Waals surface area contributed by atoms with Crippen molar-refractivity contribution in [2.75, 3.05) is 0 Å². The molecule has 0 amide bonds. The zero-order valence-electron chi connectivity index (χ0n) is 17.4. The standard InChI is InChI=1S/C23H17F3N6O/c1-30-11-9-17(28-30)14-31-12-8-15(13-20(31)33)21-19-3-2-10-27-22(19)32(29-21)18-6-4-16(5-7-18)23(24,25)26/h2-13H,14H2,1H3. The van der Waals surface area contributed by atoms with E-state index in [0.717, 1.165) is 17.8 Å². The first kappa shape index (κ1) is 20.7. The lowest BCUT2D eigenvalue weighted by Crippen LogP contribution is -2.19. The SMILES string of the molecule is Cn1ccc(Cn2ccc(-c3nn(-c4ccc(C(F)(F)F)cc4)c4ncccc34)cc2=O)n1. The van der Waals surface area contributed by atoms with Crippen LogP contribution in [0, 0.1) is 0 Å². The molecule has 10 heteroatoms. The van der Waals surface area contributed by atoms with Crippen LogP contribution < -0.4 is 5.56 Å². The van der Waals surface area contributed by atoms with Crippen LogP contribution in [0.1, 0.15) is 11.3 Å². The van der Waals surface area contributed by atoms with E-state index in [1.54, 1.807) is 33.8 Å². The number of fused-ring (bicyclic) bond motifs is 1. The summed E-state index contributed by atoms with van der Waals surface area (Å²) in [6.07, 6.45) is 0.639. The highest BCUT2D eigenvalue weighted by Crippen LogP contribution is 2.31.